The van der Waals surface area contributed by atoms with Crippen LogP contribution in [0.2, 0.25) is 0 Å². The number of nitrogens with zero attached hydrogens (tertiary/aromatic N) is 1. The molecule has 0 fully saturated rings. The highest BCUT2D eigenvalue weighted by Crippen LogP contribution is 2.30. The van der Waals surface area contributed by atoms with Crippen LogP contribution in [0.5, 0.6) is 0 Å². The van der Waals surface area contributed by atoms with Crippen molar-refractivity contribution in [1.82, 2.24) is 4.98 Å². The first-order valence-corrected chi connectivity index (χ1v) is 4.42. The minimum absolute atomic E-state index is 0.0696. The second-order valence-corrected chi connectivity index (χ2v) is 3.03. The van der Waals surface area contributed by atoms with Gasteiger partial charge in [-0.05, 0) is 6.92 Å². The fourth-order valence-corrected chi connectivity index (χ4v) is 1.29. The number of thiazole rings is 1. The van der Waals surface area contributed by atoms with E-state index in [-0.39, 0.29) is 6.61 Å². The van der Waals surface area contributed by atoms with Crippen LogP contribution in [-0.4, -0.2) is 17.6 Å². The molecule has 0 unspecified atom stereocenters. The number of alkyl halides is 2. The van der Waals surface area contributed by atoms with Crippen LogP contribution >= 0.6 is 11.3 Å². The van der Waals surface area contributed by atoms with Gasteiger partial charge in [-0.3, -0.25) is 0 Å². The summed E-state index contributed by atoms with van der Waals surface area (Å²) >= 11 is 0.722. The summed E-state index contributed by atoms with van der Waals surface area (Å²) in [6.07, 6.45) is 1.22. The maximum absolute atomic E-state index is 13.0. The minimum Gasteiger partial charge on any atom is -0.461 e. The Morgan fingerprint density at radius 3 is 2.92 bits per heavy atom. The van der Waals surface area contributed by atoms with Gasteiger partial charge >= 0.3 is 11.9 Å². The highest BCUT2D eigenvalue weighted by Gasteiger charge is 2.45. The molecule has 72 valence electrons. The average Bonchev–Trinajstić information content (AvgIpc) is 2.56. The van der Waals surface area contributed by atoms with Gasteiger partial charge in [0.2, 0.25) is 0 Å². The molecular weight excluding hydrogens is 200 g/mol. The van der Waals surface area contributed by atoms with E-state index in [4.69, 9.17) is 0 Å². The van der Waals surface area contributed by atoms with Crippen LogP contribution in [0.4, 0.5) is 8.78 Å². The van der Waals surface area contributed by atoms with Crippen molar-refractivity contribution in [3.05, 3.63) is 16.6 Å². The third-order valence-corrected chi connectivity index (χ3v) is 2.08. The number of ether oxygens (including phenoxy) is 1. The Morgan fingerprint density at radius 1 is 1.77 bits per heavy atom. The summed E-state index contributed by atoms with van der Waals surface area (Å²) < 4.78 is 30.3. The molecule has 3 nitrogen and oxygen atoms in total. The average molecular weight is 207 g/mol. The summed E-state index contributed by atoms with van der Waals surface area (Å²) in [5.74, 6) is -5.17. The lowest BCUT2D eigenvalue weighted by molar-refractivity contribution is -0.173. The predicted octanol–water partition coefficient (Wildman–Crippen LogP) is 1.80. The molecule has 1 aromatic heterocycles. The van der Waals surface area contributed by atoms with Gasteiger partial charge in [-0.15, -0.1) is 11.3 Å². The molecule has 0 atom stereocenters. The minimum atomic E-state index is -3.62. The molecular formula is C7H7F2NO2S. The van der Waals surface area contributed by atoms with Crippen molar-refractivity contribution in [3.8, 4) is 0 Å². The van der Waals surface area contributed by atoms with Crippen LogP contribution in [0.25, 0.3) is 0 Å². The maximum atomic E-state index is 13.0. The quantitative estimate of drug-likeness (QED) is 0.709. The van der Waals surface area contributed by atoms with Gasteiger partial charge < -0.3 is 4.74 Å². The number of carbonyl (C=O) groups excluding carboxylic acids is 1. The number of carbonyl (C=O) groups is 1. The number of esters is 1. The first-order chi connectivity index (χ1) is 6.09. The Labute approximate surface area is 77.4 Å². The summed E-state index contributed by atoms with van der Waals surface area (Å²) in [6.45, 7) is 1.40. The first kappa shape index (κ1) is 10.0. The summed E-state index contributed by atoms with van der Waals surface area (Å²) in [5.41, 5.74) is 0. The summed E-state index contributed by atoms with van der Waals surface area (Å²) in [5, 5.41) is 0.841. The number of halogens is 2. The van der Waals surface area contributed by atoms with Crippen LogP contribution < -0.4 is 0 Å². The third-order valence-electron chi connectivity index (χ3n) is 1.23. The SMILES string of the molecule is CCOC(=O)C(F)(F)c1nccs1. The van der Waals surface area contributed by atoms with E-state index in [1.54, 1.807) is 0 Å². The smallest absolute Gasteiger partial charge is 0.393 e. The van der Waals surface area contributed by atoms with Crippen LogP contribution in [0.15, 0.2) is 11.6 Å². The fourth-order valence-electron chi connectivity index (χ4n) is 0.688. The molecule has 0 aliphatic carbocycles. The van der Waals surface area contributed by atoms with Crippen molar-refractivity contribution in [1.29, 1.82) is 0 Å². The van der Waals surface area contributed by atoms with Crippen LogP contribution in [0, 0.1) is 0 Å². The van der Waals surface area contributed by atoms with E-state index < -0.39 is 16.9 Å². The molecule has 0 saturated carbocycles. The Bertz CT molecular complexity index is 287. The third kappa shape index (κ3) is 2.00. The van der Waals surface area contributed by atoms with Gasteiger partial charge in [0, 0.05) is 11.6 Å². The zero-order valence-corrected chi connectivity index (χ0v) is 7.61. The predicted molar refractivity (Wildman–Crippen MR) is 42.6 cm³/mol. The van der Waals surface area contributed by atoms with E-state index in [1.165, 1.54) is 18.5 Å². The second kappa shape index (κ2) is 3.78. The normalized spacial score (nSPS) is 11.3. The Balaban J connectivity index is 2.82. The van der Waals surface area contributed by atoms with Gasteiger partial charge in [0.1, 0.15) is 0 Å². The number of rotatable bonds is 3. The molecule has 13 heavy (non-hydrogen) atoms. The van der Waals surface area contributed by atoms with Crippen molar-refractivity contribution in [2.75, 3.05) is 6.61 Å². The number of aromatic nitrogens is 1. The Morgan fingerprint density at radius 2 is 2.46 bits per heavy atom. The molecule has 0 saturated heterocycles. The van der Waals surface area contributed by atoms with Crippen molar-refractivity contribution in [2.24, 2.45) is 0 Å². The monoisotopic (exact) mass is 207 g/mol. The number of hydrogen-bond acceptors (Lipinski definition) is 4. The molecule has 0 spiro atoms. The zero-order chi connectivity index (χ0) is 9.90. The topological polar surface area (TPSA) is 39.2 Å². The van der Waals surface area contributed by atoms with Crippen molar-refractivity contribution >= 4 is 17.3 Å². The zero-order valence-electron chi connectivity index (χ0n) is 6.79. The second-order valence-electron chi connectivity index (χ2n) is 2.13. The largest absolute Gasteiger partial charge is 0.461 e. The van der Waals surface area contributed by atoms with E-state index in [0.29, 0.717) is 0 Å². The van der Waals surface area contributed by atoms with E-state index >= 15 is 0 Å². The van der Waals surface area contributed by atoms with E-state index in [9.17, 15) is 13.6 Å². The Kier molecular flexibility index (Phi) is 2.92. The molecule has 0 aliphatic heterocycles. The highest BCUT2D eigenvalue weighted by molar-refractivity contribution is 7.09. The lowest BCUT2D eigenvalue weighted by Gasteiger charge is -2.10. The highest BCUT2D eigenvalue weighted by atomic mass is 32.1. The van der Waals surface area contributed by atoms with Crippen molar-refractivity contribution in [2.45, 2.75) is 12.8 Å². The molecule has 1 aromatic rings. The molecule has 1 rings (SSSR count). The Hall–Kier alpha value is -1.04. The molecule has 1 heterocycles. The van der Waals surface area contributed by atoms with Crippen molar-refractivity contribution in [3.63, 3.8) is 0 Å². The maximum Gasteiger partial charge on any atom is 0.393 e. The lowest BCUT2D eigenvalue weighted by atomic mass is 10.3. The molecule has 0 amide bonds. The van der Waals surface area contributed by atoms with Crippen LogP contribution in [0.1, 0.15) is 11.9 Å². The summed E-state index contributed by atoms with van der Waals surface area (Å²) in [7, 11) is 0. The van der Waals surface area contributed by atoms with Gasteiger partial charge in [-0.1, -0.05) is 0 Å². The first-order valence-electron chi connectivity index (χ1n) is 3.54. The van der Waals surface area contributed by atoms with Gasteiger partial charge in [0.05, 0.1) is 6.61 Å². The fraction of sp³-hybridized carbons (Fsp3) is 0.429. The van der Waals surface area contributed by atoms with Gasteiger partial charge in [-0.2, -0.15) is 8.78 Å². The molecule has 0 N–H and O–H groups in total. The van der Waals surface area contributed by atoms with E-state index in [2.05, 4.69) is 9.72 Å². The number of hydrogen-bond donors (Lipinski definition) is 0. The van der Waals surface area contributed by atoms with Crippen molar-refractivity contribution < 1.29 is 18.3 Å². The molecule has 0 radical (unpaired) electrons. The van der Waals surface area contributed by atoms with E-state index in [0.717, 1.165) is 11.3 Å². The summed E-state index contributed by atoms with van der Waals surface area (Å²) in [4.78, 5) is 14.1. The standard InChI is InChI=1S/C7H7F2NO2S/c1-2-12-6(11)7(8,9)5-10-3-4-13-5/h3-4H,2H2,1H3. The summed E-state index contributed by atoms with van der Waals surface area (Å²) in [6, 6.07) is 0. The van der Waals surface area contributed by atoms with Gasteiger partial charge in [0.25, 0.3) is 0 Å². The molecule has 0 aromatic carbocycles. The molecule has 0 aliphatic rings. The van der Waals surface area contributed by atoms with Crippen LogP contribution in [0.3, 0.4) is 0 Å². The van der Waals surface area contributed by atoms with Gasteiger partial charge in [0.15, 0.2) is 5.01 Å². The molecule has 0 bridgehead atoms. The van der Waals surface area contributed by atoms with Gasteiger partial charge in [-0.25, -0.2) is 9.78 Å². The lowest BCUT2D eigenvalue weighted by Crippen LogP contribution is -2.28. The van der Waals surface area contributed by atoms with E-state index in [1.807, 2.05) is 0 Å². The van der Waals surface area contributed by atoms with Crippen LogP contribution in [-0.2, 0) is 15.5 Å². The molecule has 6 heteroatoms.